The maximum Gasteiger partial charge on any atom is 0.234 e. The molecular weight excluding hydrogens is 322 g/mol. The number of hydrogen-bond acceptors (Lipinski definition) is 5. The van der Waals surface area contributed by atoms with Crippen LogP contribution >= 0.6 is 11.3 Å². The van der Waals surface area contributed by atoms with Gasteiger partial charge in [-0.1, -0.05) is 19.1 Å². The molecule has 0 unspecified atom stereocenters. The molecule has 0 radical (unpaired) electrons. The number of likely N-dealkylation sites (N-methyl/N-ethyl adjacent to an activating group) is 1. The highest BCUT2D eigenvalue weighted by Crippen LogP contribution is 2.26. The van der Waals surface area contributed by atoms with E-state index in [9.17, 15) is 4.79 Å². The summed E-state index contributed by atoms with van der Waals surface area (Å²) in [5.74, 6) is 1.06. The van der Waals surface area contributed by atoms with Crippen molar-refractivity contribution in [1.82, 2.24) is 15.2 Å². The fraction of sp³-hybridized carbons (Fsp3) is 0.333. The van der Waals surface area contributed by atoms with Crippen LogP contribution in [0.1, 0.15) is 23.6 Å². The molecule has 126 valence electrons. The molecule has 1 amide bonds. The van der Waals surface area contributed by atoms with Gasteiger partial charge in [0.2, 0.25) is 5.91 Å². The third-order valence-electron chi connectivity index (χ3n) is 3.76. The Morgan fingerprint density at radius 1 is 1.33 bits per heavy atom. The van der Waals surface area contributed by atoms with Gasteiger partial charge >= 0.3 is 0 Å². The first kappa shape index (κ1) is 16.7. The van der Waals surface area contributed by atoms with E-state index in [2.05, 4.69) is 23.3 Å². The summed E-state index contributed by atoms with van der Waals surface area (Å²) < 4.78 is 6.47. The molecule has 5 nitrogen and oxygen atoms in total. The predicted octanol–water partition coefficient (Wildman–Crippen LogP) is 3.24. The van der Waals surface area contributed by atoms with Crippen LogP contribution in [0.5, 0.6) is 0 Å². The number of rotatable bonds is 7. The number of nitrogens with zero attached hydrogens (tertiary/aromatic N) is 2. The highest BCUT2D eigenvalue weighted by molar-refractivity contribution is 7.18. The molecule has 0 aliphatic carbocycles. The minimum Gasteiger partial charge on any atom is -0.468 e. The van der Waals surface area contributed by atoms with E-state index in [1.807, 2.05) is 42.3 Å². The lowest BCUT2D eigenvalue weighted by Crippen LogP contribution is -2.36. The summed E-state index contributed by atoms with van der Waals surface area (Å²) in [7, 11) is 1.90. The fourth-order valence-electron chi connectivity index (χ4n) is 2.48. The minimum absolute atomic E-state index is 0.0111. The van der Waals surface area contributed by atoms with E-state index in [0.717, 1.165) is 16.3 Å². The molecule has 3 rings (SSSR count). The van der Waals surface area contributed by atoms with Gasteiger partial charge in [-0.25, -0.2) is 4.98 Å². The number of para-hydroxylation sites is 1. The molecule has 0 saturated carbocycles. The van der Waals surface area contributed by atoms with Crippen LogP contribution in [0.15, 0.2) is 47.1 Å². The van der Waals surface area contributed by atoms with Crippen LogP contribution in [0.4, 0.5) is 0 Å². The van der Waals surface area contributed by atoms with Crippen LogP contribution in [0, 0.1) is 0 Å². The van der Waals surface area contributed by atoms with E-state index < -0.39 is 0 Å². The summed E-state index contributed by atoms with van der Waals surface area (Å²) in [4.78, 5) is 18.7. The molecule has 24 heavy (non-hydrogen) atoms. The number of carbonyl (C=O) groups excluding carboxylic acids is 1. The highest BCUT2D eigenvalue weighted by Gasteiger charge is 2.14. The molecule has 0 bridgehead atoms. The molecule has 1 aromatic carbocycles. The van der Waals surface area contributed by atoms with Crippen LogP contribution in [-0.2, 0) is 11.3 Å². The zero-order valence-electron chi connectivity index (χ0n) is 13.9. The first-order valence-corrected chi connectivity index (χ1v) is 8.76. The second-order valence-electron chi connectivity index (χ2n) is 5.98. The summed E-state index contributed by atoms with van der Waals surface area (Å²) >= 11 is 1.69. The zero-order valence-corrected chi connectivity index (χ0v) is 14.7. The third-order valence-corrected chi connectivity index (χ3v) is 5.02. The molecule has 2 heterocycles. The van der Waals surface area contributed by atoms with Gasteiger partial charge in [-0.2, -0.15) is 0 Å². The average molecular weight is 343 g/mol. The summed E-state index contributed by atoms with van der Waals surface area (Å²) in [5, 5.41) is 4.05. The molecule has 3 aromatic rings. The second kappa shape index (κ2) is 7.59. The average Bonchev–Trinajstić information content (AvgIpc) is 3.21. The van der Waals surface area contributed by atoms with Crippen molar-refractivity contribution in [1.29, 1.82) is 0 Å². The minimum atomic E-state index is 0.0111. The Bertz CT molecular complexity index is 765. The Kier molecular flexibility index (Phi) is 5.27. The van der Waals surface area contributed by atoms with E-state index in [-0.39, 0.29) is 11.8 Å². The van der Waals surface area contributed by atoms with E-state index >= 15 is 0 Å². The molecular formula is C18H21N3O2S. The van der Waals surface area contributed by atoms with Crippen molar-refractivity contribution >= 4 is 27.5 Å². The van der Waals surface area contributed by atoms with Crippen molar-refractivity contribution < 1.29 is 9.21 Å². The third kappa shape index (κ3) is 4.21. The number of benzene rings is 1. The number of aromatic nitrogens is 1. The molecule has 0 saturated heterocycles. The van der Waals surface area contributed by atoms with Crippen molar-refractivity contribution in [3.63, 3.8) is 0 Å². The van der Waals surface area contributed by atoms with Gasteiger partial charge in [0, 0.05) is 12.5 Å². The first-order valence-electron chi connectivity index (χ1n) is 7.95. The predicted molar refractivity (Wildman–Crippen MR) is 96.1 cm³/mol. The molecule has 1 N–H and O–H groups in total. The molecule has 0 spiro atoms. The number of furan rings is 1. The summed E-state index contributed by atoms with van der Waals surface area (Å²) in [5.41, 5.74) is 1.02. The molecule has 0 aliphatic rings. The quantitative estimate of drug-likeness (QED) is 0.715. The Morgan fingerprint density at radius 3 is 2.92 bits per heavy atom. The molecule has 6 heteroatoms. The summed E-state index contributed by atoms with van der Waals surface area (Å²) in [6.45, 7) is 3.64. The molecule has 1 atom stereocenters. The molecule has 0 fully saturated rings. The smallest absolute Gasteiger partial charge is 0.234 e. The van der Waals surface area contributed by atoms with E-state index in [1.165, 1.54) is 4.70 Å². The topological polar surface area (TPSA) is 58.4 Å². The SMILES string of the molecule is C[C@H](CNC(=O)CN(C)Cc1ccco1)c1nc2ccccc2s1. The number of thiazole rings is 1. The molecule has 2 aromatic heterocycles. The lowest BCUT2D eigenvalue weighted by atomic mass is 10.2. The lowest BCUT2D eigenvalue weighted by Gasteiger charge is -2.16. The standard InChI is InChI=1S/C18H21N3O2S/c1-13(18-20-15-7-3-4-8-16(15)24-18)10-19-17(22)12-21(2)11-14-6-5-9-23-14/h3-9,13H,10-12H2,1-2H3,(H,19,22)/t13-/m1/s1. The van der Waals surface area contributed by atoms with Crippen molar-refractivity contribution in [2.75, 3.05) is 20.1 Å². The van der Waals surface area contributed by atoms with Crippen LogP contribution in [0.25, 0.3) is 10.2 Å². The van der Waals surface area contributed by atoms with Crippen molar-refractivity contribution in [3.8, 4) is 0 Å². The Hall–Kier alpha value is -2.18. The Balaban J connectivity index is 1.48. The summed E-state index contributed by atoms with van der Waals surface area (Å²) in [6.07, 6.45) is 1.64. The van der Waals surface area contributed by atoms with Gasteiger partial charge in [-0.05, 0) is 31.3 Å². The van der Waals surface area contributed by atoms with Gasteiger partial charge in [-0.15, -0.1) is 11.3 Å². The maximum atomic E-state index is 12.1. The zero-order chi connectivity index (χ0) is 16.9. The van der Waals surface area contributed by atoms with Crippen LogP contribution < -0.4 is 5.32 Å². The highest BCUT2D eigenvalue weighted by atomic mass is 32.1. The Labute approximate surface area is 145 Å². The van der Waals surface area contributed by atoms with Crippen molar-refractivity contribution in [3.05, 3.63) is 53.4 Å². The van der Waals surface area contributed by atoms with Crippen molar-refractivity contribution in [2.24, 2.45) is 0 Å². The number of hydrogen-bond donors (Lipinski definition) is 1. The Morgan fingerprint density at radius 2 is 2.17 bits per heavy atom. The normalized spacial score (nSPS) is 12.6. The second-order valence-corrected chi connectivity index (χ2v) is 7.04. The first-order chi connectivity index (χ1) is 11.6. The van der Waals surface area contributed by atoms with E-state index in [1.54, 1.807) is 17.6 Å². The monoisotopic (exact) mass is 343 g/mol. The van der Waals surface area contributed by atoms with E-state index in [4.69, 9.17) is 4.42 Å². The number of amides is 1. The van der Waals surface area contributed by atoms with Crippen LogP contribution in [0.3, 0.4) is 0 Å². The van der Waals surface area contributed by atoms with Gasteiger partial charge in [0.1, 0.15) is 5.76 Å². The van der Waals surface area contributed by atoms with Crippen LogP contribution in [0.2, 0.25) is 0 Å². The number of carbonyl (C=O) groups is 1. The number of fused-ring (bicyclic) bond motifs is 1. The summed E-state index contributed by atoms with van der Waals surface area (Å²) in [6, 6.07) is 11.9. The van der Waals surface area contributed by atoms with Gasteiger partial charge in [0.25, 0.3) is 0 Å². The van der Waals surface area contributed by atoms with Gasteiger partial charge in [0.15, 0.2) is 0 Å². The number of nitrogens with one attached hydrogen (secondary N) is 1. The fourth-order valence-corrected chi connectivity index (χ4v) is 3.50. The van der Waals surface area contributed by atoms with Gasteiger partial charge < -0.3 is 9.73 Å². The van der Waals surface area contributed by atoms with Crippen molar-refractivity contribution in [2.45, 2.75) is 19.4 Å². The van der Waals surface area contributed by atoms with Crippen LogP contribution in [-0.4, -0.2) is 35.9 Å². The van der Waals surface area contributed by atoms with Gasteiger partial charge in [0.05, 0.1) is 34.6 Å². The maximum absolute atomic E-state index is 12.1. The van der Waals surface area contributed by atoms with Gasteiger partial charge in [-0.3, -0.25) is 9.69 Å². The van der Waals surface area contributed by atoms with E-state index in [0.29, 0.717) is 19.6 Å². The largest absolute Gasteiger partial charge is 0.468 e. The molecule has 0 aliphatic heterocycles. The lowest BCUT2D eigenvalue weighted by molar-refractivity contribution is -0.122.